The number of hydrogen-bond donors (Lipinski definition) is 2. The van der Waals surface area contributed by atoms with Gasteiger partial charge in [0.1, 0.15) is 5.75 Å². The van der Waals surface area contributed by atoms with Crippen LogP contribution in [0.4, 0.5) is 9.93 Å². The second-order valence-corrected chi connectivity index (χ2v) is 4.27. The molecule has 0 saturated carbocycles. The van der Waals surface area contributed by atoms with Crippen LogP contribution in [0.25, 0.3) is 10.2 Å². The third-order valence-electron chi connectivity index (χ3n) is 2.17. The number of thiazole rings is 1. The standard InChI is InChI=1S/C10H11N3O2S/c1-11-9(15)13(2)10-12-7-4-3-6(14)5-8(7)16-10/h3-5,14H,1-2H3,(H,11,15). The molecule has 16 heavy (non-hydrogen) atoms. The molecular weight excluding hydrogens is 226 g/mol. The van der Waals surface area contributed by atoms with Gasteiger partial charge in [-0.2, -0.15) is 0 Å². The molecule has 2 aromatic rings. The predicted octanol–water partition coefficient (Wildman–Crippen LogP) is 1.78. The first-order valence-electron chi connectivity index (χ1n) is 4.67. The van der Waals surface area contributed by atoms with Crippen LogP contribution in [0.2, 0.25) is 0 Å². The minimum absolute atomic E-state index is 0.199. The van der Waals surface area contributed by atoms with Crippen molar-refractivity contribution >= 4 is 32.7 Å². The van der Waals surface area contributed by atoms with Gasteiger partial charge in [-0.15, -0.1) is 0 Å². The van der Waals surface area contributed by atoms with Crippen molar-refractivity contribution in [3.63, 3.8) is 0 Å². The molecular formula is C10H11N3O2S. The van der Waals surface area contributed by atoms with Crippen molar-refractivity contribution < 1.29 is 9.90 Å². The fourth-order valence-electron chi connectivity index (χ4n) is 1.30. The van der Waals surface area contributed by atoms with E-state index in [9.17, 15) is 9.90 Å². The number of carbonyl (C=O) groups is 1. The second kappa shape index (κ2) is 3.97. The molecule has 84 valence electrons. The number of aromatic hydroxyl groups is 1. The average Bonchev–Trinajstić information content (AvgIpc) is 2.69. The van der Waals surface area contributed by atoms with Gasteiger partial charge in [0.25, 0.3) is 0 Å². The van der Waals surface area contributed by atoms with E-state index < -0.39 is 0 Å². The van der Waals surface area contributed by atoms with E-state index in [1.165, 1.54) is 16.2 Å². The average molecular weight is 237 g/mol. The van der Waals surface area contributed by atoms with E-state index in [1.807, 2.05) is 0 Å². The molecule has 1 aromatic heterocycles. The topological polar surface area (TPSA) is 65.5 Å². The molecule has 1 aromatic carbocycles. The first-order valence-corrected chi connectivity index (χ1v) is 5.48. The number of phenols is 1. The first kappa shape index (κ1) is 10.7. The van der Waals surface area contributed by atoms with Gasteiger partial charge in [0, 0.05) is 14.1 Å². The Bertz CT molecular complexity index is 538. The summed E-state index contributed by atoms with van der Waals surface area (Å²) in [4.78, 5) is 17.1. The van der Waals surface area contributed by atoms with E-state index in [0.29, 0.717) is 5.13 Å². The van der Waals surface area contributed by atoms with Crippen molar-refractivity contribution in [1.82, 2.24) is 10.3 Å². The molecule has 0 unspecified atom stereocenters. The highest BCUT2D eigenvalue weighted by atomic mass is 32.1. The summed E-state index contributed by atoms with van der Waals surface area (Å²) in [6.07, 6.45) is 0. The van der Waals surface area contributed by atoms with Crippen molar-refractivity contribution in [3.05, 3.63) is 18.2 Å². The highest BCUT2D eigenvalue weighted by Crippen LogP contribution is 2.30. The summed E-state index contributed by atoms with van der Waals surface area (Å²) in [5.74, 6) is 0.199. The molecule has 2 N–H and O–H groups in total. The SMILES string of the molecule is CNC(=O)N(C)c1nc2ccc(O)cc2s1. The van der Waals surface area contributed by atoms with Crippen LogP contribution in [-0.2, 0) is 0 Å². The summed E-state index contributed by atoms with van der Waals surface area (Å²) >= 11 is 1.36. The Morgan fingerprint density at radius 3 is 3.00 bits per heavy atom. The van der Waals surface area contributed by atoms with Crippen LogP contribution in [0.1, 0.15) is 0 Å². The molecule has 2 amide bonds. The van der Waals surface area contributed by atoms with Gasteiger partial charge < -0.3 is 10.4 Å². The van der Waals surface area contributed by atoms with Crippen LogP contribution in [0.5, 0.6) is 5.75 Å². The van der Waals surface area contributed by atoms with E-state index in [0.717, 1.165) is 10.2 Å². The van der Waals surface area contributed by atoms with Crippen molar-refractivity contribution in [2.75, 3.05) is 19.0 Å². The first-order chi connectivity index (χ1) is 7.61. The summed E-state index contributed by atoms with van der Waals surface area (Å²) in [5.41, 5.74) is 0.772. The van der Waals surface area contributed by atoms with Gasteiger partial charge in [0.15, 0.2) is 5.13 Å². The maximum absolute atomic E-state index is 11.4. The summed E-state index contributed by atoms with van der Waals surface area (Å²) in [6, 6.07) is 4.71. The number of aromatic nitrogens is 1. The predicted molar refractivity (Wildman–Crippen MR) is 64.1 cm³/mol. The molecule has 0 aliphatic rings. The second-order valence-electron chi connectivity index (χ2n) is 3.26. The molecule has 0 fully saturated rings. The molecule has 0 bridgehead atoms. The van der Waals surface area contributed by atoms with Crippen molar-refractivity contribution in [1.29, 1.82) is 0 Å². The molecule has 0 aliphatic carbocycles. The molecule has 0 spiro atoms. The zero-order valence-corrected chi connectivity index (χ0v) is 9.71. The van der Waals surface area contributed by atoms with Crippen molar-refractivity contribution in [2.45, 2.75) is 0 Å². The third-order valence-corrected chi connectivity index (χ3v) is 3.26. The Hall–Kier alpha value is -1.82. The highest BCUT2D eigenvalue weighted by Gasteiger charge is 2.13. The van der Waals surface area contributed by atoms with E-state index in [-0.39, 0.29) is 11.8 Å². The van der Waals surface area contributed by atoms with Gasteiger partial charge in [-0.1, -0.05) is 11.3 Å². The van der Waals surface area contributed by atoms with Gasteiger partial charge in [-0.05, 0) is 18.2 Å². The number of urea groups is 1. The molecule has 0 radical (unpaired) electrons. The van der Waals surface area contributed by atoms with Crippen LogP contribution in [-0.4, -0.2) is 30.2 Å². The van der Waals surface area contributed by atoms with E-state index >= 15 is 0 Å². The number of benzene rings is 1. The lowest BCUT2D eigenvalue weighted by Crippen LogP contribution is -2.34. The molecule has 6 heteroatoms. The lowest BCUT2D eigenvalue weighted by molar-refractivity contribution is 0.249. The number of nitrogens with zero attached hydrogens (tertiary/aromatic N) is 2. The van der Waals surface area contributed by atoms with E-state index in [2.05, 4.69) is 10.3 Å². The van der Waals surface area contributed by atoms with Gasteiger partial charge in [0.05, 0.1) is 10.2 Å². The van der Waals surface area contributed by atoms with Gasteiger partial charge in [-0.25, -0.2) is 9.78 Å². The van der Waals surface area contributed by atoms with Crippen LogP contribution >= 0.6 is 11.3 Å². The Morgan fingerprint density at radius 1 is 1.56 bits per heavy atom. The van der Waals surface area contributed by atoms with Gasteiger partial charge in [0.2, 0.25) is 0 Å². The normalized spacial score (nSPS) is 10.4. The Balaban J connectivity index is 2.43. The molecule has 0 aliphatic heterocycles. The quantitative estimate of drug-likeness (QED) is 0.794. The summed E-state index contributed by atoms with van der Waals surface area (Å²) in [5, 5.41) is 12.4. The summed E-state index contributed by atoms with van der Waals surface area (Å²) < 4.78 is 0.853. The zero-order chi connectivity index (χ0) is 11.7. The van der Waals surface area contributed by atoms with Crippen molar-refractivity contribution in [2.24, 2.45) is 0 Å². The molecule has 0 atom stereocenters. The number of hydrogen-bond acceptors (Lipinski definition) is 4. The van der Waals surface area contributed by atoms with Crippen LogP contribution < -0.4 is 10.2 Å². The monoisotopic (exact) mass is 237 g/mol. The molecule has 2 rings (SSSR count). The number of phenolic OH excluding ortho intramolecular Hbond substituents is 1. The van der Waals surface area contributed by atoms with Gasteiger partial charge >= 0.3 is 6.03 Å². The summed E-state index contributed by atoms with van der Waals surface area (Å²) in [7, 11) is 3.22. The maximum Gasteiger partial charge on any atom is 0.323 e. The Morgan fingerprint density at radius 2 is 2.31 bits per heavy atom. The smallest absolute Gasteiger partial charge is 0.323 e. The molecule has 5 nitrogen and oxygen atoms in total. The van der Waals surface area contributed by atoms with Crippen LogP contribution in [0.15, 0.2) is 18.2 Å². The van der Waals surface area contributed by atoms with Gasteiger partial charge in [-0.3, -0.25) is 4.90 Å². The van der Waals surface area contributed by atoms with E-state index in [1.54, 1.807) is 32.3 Å². The lowest BCUT2D eigenvalue weighted by atomic mass is 10.3. The summed E-state index contributed by atoms with van der Waals surface area (Å²) in [6.45, 7) is 0. The van der Waals surface area contributed by atoms with Crippen LogP contribution in [0, 0.1) is 0 Å². The molecule has 1 heterocycles. The third kappa shape index (κ3) is 1.79. The Kier molecular flexibility index (Phi) is 2.66. The maximum atomic E-state index is 11.4. The zero-order valence-electron chi connectivity index (χ0n) is 8.89. The number of fused-ring (bicyclic) bond motifs is 1. The van der Waals surface area contributed by atoms with Crippen LogP contribution in [0.3, 0.4) is 0 Å². The number of carbonyl (C=O) groups excluding carboxylic acids is 1. The van der Waals surface area contributed by atoms with E-state index in [4.69, 9.17) is 0 Å². The fraction of sp³-hybridized carbons (Fsp3) is 0.200. The number of nitrogens with one attached hydrogen (secondary N) is 1. The minimum atomic E-state index is -0.219. The number of rotatable bonds is 1. The Labute approximate surface area is 96.3 Å². The molecule has 0 saturated heterocycles. The largest absolute Gasteiger partial charge is 0.508 e. The fourth-order valence-corrected chi connectivity index (χ4v) is 2.26. The lowest BCUT2D eigenvalue weighted by Gasteiger charge is -2.11. The van der Waals surface area contributed by atoms with Crippen molar-refractivity contribution in [3.8, 4) is 5.75 Å². The highest BCUT2D eigenvalue weighted by molar-refractivity contribution is 7.22. The minimum Gasteiger partial charge on any atom is -0.508 e. The number of anilines is 1. The number of amides is 2.